The fourth-order valence-electron chi connectivity index (χ4n) is 2.51. The van der Waals surface area contributed by atoms with Crippen LogP contribution in [0.3, 0.4) is 0 Å². The van der Waals surface area contributed by atoms with E-state index < -0.39 is 10.1 Å². The summed E-state index contributed by atoms with van der Waals surface area (Å²) in [5, 5.41) is 2.26. The predicted molar refractivity (Wildman–Crippen MR) is 98.4 cm³/mol. The van der Waals surface area contributed by atoms with Crippen molar-refractivity contribution in [2.75, 3.05) is 13.2 Å². The summed E-state index contributed by atoms with van der Waals surface area (Å²) in [5.74, 6) is 0.764. The Bertz CT molecular complexity index is 964. The topological polar surface area (TPSA) is 52.6 Å². The van der Waals surface area contributed by atoms with Gasteiger partial charge in [0.1, 0.15) is 5.75 Å². The number of fused-ring (bicyclic) bond motifs is 1. The molecule has 0 aliphatic carbocycles. The number of rotatable bonds is 7. The van der Waals surface area contributed by atoms with E-state index in [0.717, 1.165) is 22.1 Å². The molecule has 25 heavy (non-hydrogen) atoms. The van der Waals surface area contributed by atoms with Gasteiger partial charge in [0.25, 0.3) is 10.1 Å². The largest absolute Gasteiger partial charge is 0.493 e. The molecule has 0 radical (unpaired) electrons. The lowest BCUT2D eigenvalue weighted by atomic mass is 10.1. The molecule has 0 spiro atoms. The van der Waals surface area contributed by atoms with Crippen LogP contribution < -0.4 is 4.74 Å². The van der Waals surface area contributed by atoms with Crippen LogP contribution in [0.4, 0.5) is 0 Å². The Balaban J connectivity index is 1.49. The second kappa shape index (κ2) is 7.68. The number of hydrogen-bond donors (Lipinski definition) is 0. The van der Waals surface area contributed by atoms with Gasteiger partial charge in [-0.15, -0.1) is 0 Å². The minimum Gasteiger partial charge on any atom is -0.493 e. The maximum atomic E-state index is 12.1. The van der Waals surface area contributed by atoms with Crippen molar-refractivity contribution in [2.24, 2.45) is 0 Å². The van der Waals surface area contributed by atoms with E-state index in [1.54, 1.807) is 12.1 Å². The first kappa shape index (κ1) is 17.5. The smallest absolute Gasteiger partial charge is 0.296 e. The van der Waals surface area contributed by atoms with Gasteiger partial charge in [-0.3, -0.25) is 4.18 Å². The molecule has 0 bridgehead atoms. The summed E-state index contributed by atoms with van der Waals surface area (Å²) >= 11 is 0. The number of ether oxygens (including phenoxy) is 1. The average molecular weight is 356 g/mol. The van der Waals surface area contributed by atoms with Gasteiger partial charge in [0.05, 0.1) is 18.1 Å². The molecule has 0 heterocycles. The van der Waals surface area contributed by atoms with E-state index in [1.165, 1.54) is 6.07 Å². The van der Waals surface area contributed by atoms with Crippen molar-refractivity contribution in [2.45, 2.75) is 18.2 Å². The van der Waals surface area contributed by atoms with Crippen LogP contribution in [-0.4, -0.2) is 21.6 Å². The summed E-state index contributed by atoms with van der Waals surface area (Å²) in [6, 6.07) is 20.6. The van der Waals surface area contributed by atoms with Crippen molar-refractivity contribution >= 4 is 20.9 Å². The molecule has 3 aromatic carbocycles. The molecule has 3 rings (SSSR count). The lowest BCUT2D eigenvalue weighted by Crippen LogP contribution is -2.10. The lowest BCUT2D eigenvalue weighted by Gasteiger charge is -2.08. The highest BCUT2D eigenvalue weighted by Crippen LogP contribution is 2.20. The van der Waals surface area contributed by atoms with Crippen molar-refractivity contribution in [3.05, 3.63) is 72.3 Å². The second-order valence-electron chi connectivity index (χ2n) is 5.80. The van der Waals surface area contributed by atoms with Crippen molar-refractivity contribution < 1.29 is 17.3 Å². The molecule has 0 aliphatic rings. The van der Waals surface area contributed by atoms with Gasteiger partial charge in [0.2, 0.25) is 0 Å². The van der Waals surface area contributed by atoms with Crippen molar-refractivity contribution in [3.63, 3.8) is 0 Å². The molecule has 0 aromatic heterocycles. The Morgan fingerprint density at radius 1 is 0.840 bits per heavy atom. The van der Waals surface area contributed by atoms with E-state index in [0.29, 0.717) is 13.0 Å². The molecule has 0 saturated heterocycles. The molecule has 3 aromatic rings. The minimum atomic E-state index is -3.71. The Kier molecular flexibility index (Phi) is 5.36. The summed E-state index contributed by atoms with van der Waals surface area (Å²) in [4.78, 5) is 0.183. The third-order valence-electron chi connectivity index (χ3n) is 3.80. The highest BCUT2D eigenvalue weighted by atomic mass is 32.2. The highest BCUT2D eigenvalue weighted by molar-refractivity contribution is 7.86. The fourth-order valence-corrected chi connectivity index (χ4v) is 3.56. The highest BCUT2D eigenvalue weighted by Gasteiger charge is 2.14. The lowest BCUT2D eigenvalue weighted by molar-refractivity contribution is 0.251. The zero-order chi connectivity index (χ0) is 17.7. The van der Waals surface area contributed by atoms with E-state index in [9.17, 15) is 8.42 Å². The predicted octanol–water partition coefficient (Wildman–Crippen LogP) is 4.32. The molecule has 0 unspecified atom stereocenters. The normalized spacial score (nSPS) is 11.6. The Hall–Kier alpha value is -2.37. The van der Waals surface area contributed by atoms with Gasteiger partial charge in [-0.05, 0) is 47.5 Å². The summed E-state index contributed by atoms with van der Waals surface area (Å²) in [6.07, 6.45) is 0.484. The molecule has 4 nitrogen and oxygen atoms in total. The monoisotopic (exact) mass is 356 g/mol. The van der Waals surface area contributed by atoms with E-state index in [1.807, 2.05) is 55.5 Å². The first-order valence-corrected chi connectivity index (χ1v) is 9.53. The molecule has 0 atom stereocenters. The van der Waals surface area contributed by atoms with Crippen molar-refractivity contribution in [1.82, 2.24) is 0 Å². The summed E-state index contributed by atoms with van der Waals surface area (Å²) in [5.41, 5.74) is 0.879. The average Bonchev–Trinajstić information content (AvgIpc) is 2.61. The van der Waals surface area contributed by atoms with Crippen LogP contribution in [0, 0.1) is 6.92 Å². The number of hydrogen-bond acceptors (Lipinski definition) is 4. The number of aryl methyl sites for hydroxylation is 1. The van der Waals surface area contributed by atoms with E-state index in [4.69, 9.17) is 8.92 Å². The van der Waals surface area contributed by atoms with Crippen LogP contribution in [0.25, 0.3) is 10.8 Å². The first-order chi connectivity index (χ1) is 12.0. The van der Waals surface area contributed by atoms with Gasteiger partial charge in [-0.1, -0.05) is 42.5 Å². The molecule has 0 saturated carbocycles. The van der Waals surface area contributed by atoms with Gasteiger partial charge >= 0.3 is 0 Å². The fraction of sp³-hybridized carbons (Fsp3) is 0.200. The summed E-state index contributed by atoms with van der Waals surface area (Å²) in [7, 11) is -3.71. The van der Waals surface area contributed by atoms with Gasteiger partial charge in [0.15, 0.2) is 0 Å². The van der Waals surface area contributed by atoms with E-state index in [2.05, 4.69) is 0 Å². The maximum absolute atomic E-state index is 12.1. The Labute approximate surface area is 148 Å². The Morgan fingerprint density at radius 2 is 1.64 bits per heavy atom. The SMILES string of the molecule is Cc1cccc(S(=O)(=O)OCCCOc2ccc3ccccc3c2)c1. The van der Waals surface area contributed by atoms with Gasteiger partial charge in [0, 0.05) is 6.42 Å². The van der Waals surface area contributed by atoms with E-state index >= 15 is 0 Å². The zero-order valence-electron chi connectivity index (χ0n) is 14.0. The van der Waals surface area contributed by atoms with E-state index in [-0.39, 0.29) is 11.5 Å². The summed E-state index contributed by atoms with van der Waals surface area (Å²) < 4.78 is 35.0. The molecular formula is C20H20O4S. The molecule has 5 heteroatoms. The van der Waals surface area contributed by atoms with Crippen molar-refractivity contribution in [3.8, 4) is 5.75 Å². The van der Waals surface area contributed by atoms with Crippen LogP contribution in [0.5, 0.6) is 5.75 Å². The minimum absolute atomic E-state index is 0.0872. The van der Waals surface area contributed by atoms with Crippen LogP contribution in [-0.2, 0) is 14.3 Å². The van der Waals surface area contributed by atoms with Crippen LogP contribution >= 0.6 is 0 Å². The van der Waals surface area contributed by atoms with Gasteiger partial charge < -0.3 is 4.74 Å². The molecule has 0 amide bonds. The van der Waals surface area contributed by atoms with Crippen LogP contribution in [0.1, 0.15) is 12.0 Å². The quantitative estimate of drug-likeness (QED) is 0.467. The first-order valence-electron chi connectivity index (χ1n) is 8.12. The maximum Gasteiger partial charge on any atom is 0.296 e. The Morgan fingerprint density at radius 3 is 2.44 bits per heavy atom. The summed E-state index contributed by atoms with van der Waals surface area (Å²) in [6.45, 7) is 2.32. The standard InChI is InChI=1S/C20H20O4S/c1-16-6-4-9-20(14-16)25(21,22)24-13-5-12-23-19-11-10-17-7-2-3-8-18(17)15-19/h2-4,6-11,14-15H,5,12-13H2,1H3. The molecule has 0 fully saturated rings. The third-order valence-corrected chi connectivity index (χ3v) is 5.10. The van der Waals surface area contributed by atoms with Gasteiger partial charge in [-0.25, -0.2) is 0 Å². The van der Waals surface area contributed by atoms with Crippen LogP contribution in [0.15, 0.2) is 71.6 Å². The second-order valence-corrected chi connectivity index (χ2v) is 7.42. The molecular weight excluding hydrogens is 336 g/mol. The molecule has 0 N–H and O–H groups in total. The number of benzene rings is 3. The molecule has 130 valence electrons. The third kappa shape index (κ3) is 4.59. The van der Waals surface area contributed by atoms with Gasteiger partial charge in [-0.2, -0.15) is 8.42 Å². The van der Waals surface area contributed by atoms with Crippen molar-refractivity contribution in [1.29, 1.82) is 0 Å². The van der Waals surface area contributed by atoms with Crippen LogP contribution in [0.2, 0.25) is 0 Å². The zero-order valence-corrected chi connectivity index (χ0v) is 14.8. The molecule has 0 aliphatic heterocycles.